The zero-order valence-corrected chi connectivity index (χ0v) is 10.7. The predicted octanol–water partition coefficient (Wildman–Crippen LogP) is 1.77. The summed E-state index contributed by atoms with van der Waals surface area (Å²) < 4.78 is 3.40. The van der Waals surface area contributed by atoms with Crippen molar-refractivity contribution in [3.63, 3.8) is 0 Å². The smallest absolute Gasteiger partial charge is 0.328 e. The molecule has 4 heteroatoms. The van der Waals surface area contributed by atoms with E-state index < -0.39 is 0 Å². The summed E-state index contributed by atoms with van der Waals surface area (Å²) in [4.78, 5) is 12.0. The molecular weight excluding hydrogens is 228 g/mol. The highest BCUT2D eigenvalue weighted by molar-refractivity contribution is 5.22. The lowest BCUT2D eigenvalue weighted by Crippen LogP contribution is -2.25. The first-order valence-electron chi connectivity index (χ1n) is 6.07. The molecule has 0 unspecified atom stereocenters. The molecule has 0 aliphatic rings. The quantitative estimate of drug-likeness (QED) is 0.893. The van der Waals surface area contributed by atoms with Crippen molar-refractivity contribution in [1.82, 2.24) is 9.13 Å². The zero-order chi connectivity index (χ0) is 13.1. The van der Waals surface area contributed by atoms with Gasteiger partial charge in [-0.1, -0.05) is 24.3 Å². The van der Waals surface area contributed by atoms with Gasteiger partial charge in [0.05, 0.1) is 13.2 Å². The van der Waals surface area contributed by atoms with Gasteiger partial charge in [0, 0.05) is 18.4 Å². The Morgan fingerprint density at radius 1 is 1.11 bits per heavy atom. The van der Waals surface area contributed by atoms with Gasteiger partial charge in [0.1, 0.15) is 0 Å². The largest absolute Gasteiger partial charge is 0.392 e. The van der Waals surface area contributed by atoms with E-state index in [4.69, 9.17) is 5.11 Å². The lowest BCUT2D eigenvalue weighted by molar-refractivity contribution is 0.282. The van der Waals surface area contributed by atoms with Crippen LogP contribution in [0.1, 0.15) is 31.0 Å². The summed E-state index contributed by atoms with van der Waals surface area (Å²) in [6.45, 7) is 4.58. The highest BCUT2D eigenvalue weighted by Crippen LogP contribution is 2.06. The van der Waals surface area contributed by atoms with Crippen LogP contribution in [0, 0.1) is 0 Å². The molecule has 0 amide bonds. The standard InChI is InChI=1S/C14H18N2O2/c1-11(2)16-8-7-15(14(16)18)9-12-3-5-13(10-17)6-4-12/h3-8,11,17H,9-10H2,1-2H3. The highest BCUT2D eigenvalue weighted by atomic mass is 16.3. The third-order valence-electron chi connectivity index (χ3n) is 2.99. The fourth-order valence-corrected chi connectivity index (χ4v) is 1.89. The third-order valence-corrected chi connectivity index (χ3v) is 2.99. The second kappa shape index (κ2) is 5.23. The number of hydrogen-bond acceptors (Lipinski definition) is 2. The van der Waals surface area contributed by atoms with Crippen LogP contribution in [0.15, 0.2) is 41.5 Å². The van der Waals surface area contributed by atoms with Crippen molar-refractivity contribution in [3.8, 4) is 0 Å². The number of imidazole rings is 1. The Morgan fingerprint density at radius 3 is 2.22 bits per heavy atom. The fourth-order valence-electron chi connectivity index (χ4n) is 1.89. The maximum atomic E-state index is 12.0. The van der Waals surface area contributed by atoms with Crippen molar-refractivity contribution in [2.45, 2.75) is 33.0 Å². The summed E-state index contributed by atoms with van der Waals surface area (Å²) in [5.74, 6) is 0. The molecule has 2 rings (SSSR count). The van der Waals surface area contributed by atoms with E-state index in [1.807, 2.05) is 50.5 Å². The molecule has 0 radical (unpaired) electrons. The van der Waals surface area contributed by atoms with Gasteiger partial charge in [0.25, 0.3) is 0 Å². The van der Waals surface area contributed by atoms with Gasteiger partial charge in [-0.2, -0.15) is 0 Å². The van der Waals surface area contributed by atoms with E-state index >= 15 is 0 Å². The Morgan fingerprint density at radius 2 is 1.72 bits per heavy atom. The van der Waals surface area contributed by atoms with Crippen molar-refractivity contribution in [1.29, 1.82) is 0 Å². The van der Waals surface area contributed by atoms with E-state index in [1.54, 1.807) is 9.13 Å². The lowest BCUT2D eigenvalue weighted by atomic mass is 10.1. The van der Waals surface area contributed by atoms with E-state index in [2.05, 4.69) is 0 Å². The van der Waals surface area contributed by atoms with Gasteiger partial charge in [-0.25, -0.2) is 4.79 Å². The number of aromatic nitrogens is 2. The Labute approximate surface area is 106 Å². The van der Waals surface area contributed by atoms with E-state index in [1.165, 1.54) is 0 Å². The minimum atomic E-state index is 0.0104. The van der Waals surface area contributed by atoms with Crippen LogP contribution in [0.5, 0.6) is 0 Å². The first kappa shape index (κ1) is 12.6. The predicted molar refractivity (Wildman–Crippen MR) is 70.5 cm³/mol. The van der Waals surface area contributed by atoms with Crippen LogP contribution in [-0.4, -0.2) is 14.2 Å². The molecular formula is C14H18N2O2. The number of aliphatic hydroxyl groups is 1. The maximum Gasteiger partial charge on any atom is 0.328 e. The van der Waals surface area contributed by atoms with Gasteiger partial charge >= 0.3 is 5.69 Å². The summed E-state index contributed by atoms with van der Waals surface area (Å²) in [5, 5.41) is 8.97. The van der Waals surface area contributed by atoms with E-state index in [9.17, 15) is 4.79 Å². The fraction of sp³-hybridized carbons (Fsp3) is 0.357. The van der Waals surface area contributed by atoms with Crippen LogP contribution in [-0.2, 0) is 13.2 Å². The van der Waals surface area contributed by atoms with Crippen LogP contribution in [0.2, 0.25) is 0 Å². The minimum absolute atomic E-state index is 0.0104. The summed E-state index contributed by atoms with van der Waals surface area (Å²) in [6, 6.07) is 7.80. The first-order valence-corrected chi connectivity index (χ1v) is 6.07. The number of rotatable bonds is 4. The normalized spacial score (nSPS) is 11.1. The number of benzene rings is 1. The van der Waals surface area contributed by atoms with Crippen LogP contribution in [0.25, 0.3) is 0 Å². The van der Waals surface area contributed by atoms with Gasteiger partial charge in [0.15, 0.2) is 0 Å². The molecule has 0 saturated heterocycles. The SMILES string of the molecule is CC(C)n1ccn(Cc2ccc(CO)cc2)c1=O. The Hall–Kier alpha value is -1.81. The van der Waals surface area contributed by atoms with Crippen LogP contribution in [0.3, 0.4) is 0 Å². The van der Waals surface area contributed by atoms with E-state index in [0.717, 1.165) is 11.1 Å². The van der Waals surface area contributed by atoms with Crippen LogP contribution < -0.4 is 5.69 Å². The number of aliphatic hydroxyl groups excluding tert-OH is 1. The minimum Gasteiger partial charge on any atom is -0.392 e. The van der Waals surface area contributed by atoms with Gasteiger partial charge in [-0.05, 0) is 25.0 Å². The van der Waals surface area contributed by atoms with Crippen molar-refractivity contribution >= 4 is 0 Å². The lowest BCUT2D eigenvalue weighted by Gasteiger charge is -2.05. The summed E-state index contributed by atoms with van der Waals surface area (Å²) in [5.41, 5.74) is 1.94. The number of nitrogens with zero attached hydrogens (tertiary/aromatic N) is 2. The second-order valence-electron chi connectivity index (χ2n) is 4.68. The molecule has 0 aliphatic carbocycles. The molecule has 1 aromatic carbocycles. The topological polar surface area (TPSA) is 47.2 Å². The Kier molecular flexibility index (Phi) is 3.67. The molecule has 4 nitrogen and oxygen atoms in total. The average Bonchev–Trinajstić information content (AvgIpc) is 2.72. The Bertz CT molecular complexity index is 564. The Balaban J connectivity index is 2.21. The number of hydrogen-bond donors (Lipinski definition) is 1. The maximum absolute atomic E-state index is 12.0. The molecule has 0 bridgehead atoms. The summed E-state index contributed by atoms with van der Waals surface area (Å²) >= 11 is 0. The third kappa shape index (κ3) is 2.54. The molecule has 1 heterocycles. The molecule has 1 aromatic heterocycles. The molecule has 0 aliphatic heterocycles. The van der Waals surface area contributed by atoms with Crippen LogP contribution >= 0.6 is 0 Å². The van der Waals surface area contributed by atoms with Gasteiger partial charge < -0.3 is 5.11 Å². The molecule has 0 fully saturated rings. The molecule has 2 aromatic rings. The molecule has 18 heavy (non-hydrogen) atoms. The molecule has 96 valence electrons. The van der Waals surface area contributed by atoms with Crippen molar-refractivity contribution in [3.05, 3.63) is 58.3 Å². The molecule has 0 spiro atoms. The van der Waals surface area contributed by atoms with Crippen molar-refractivity contribution < 1.29 is 5.11 Å². The highest BCUT2D eigenvalue weighted by Gasteiger charge is 2.06. The molecule has 1 N–H and O–H groups in total. The second-order valence-corrected chi connectivity index (χ2v) is 4.68. The van der Waals surface area contributed by atoms with Crippen LogP contribution in [0.4, 0.5) is 0 Å². The molecule has 0 atom stereocenters. The van der Waals surface area contributed by atoms with Crippen molar-refractivity contribution in [2.75, 3.05) is 0 Å². The van der Waals surface area contributed by atoms with Gasteiger partial charge in [-0.15, -0.1) is 0 Å². The molecule has 0 saturated carbocycles. The summed E-state index contributed by atoms with van der Waals surface area (Å²) in [7, 11) is 0. The van der Waals surface area contributed by atoms with E-state index in [0.29, 0.717) is 6.54 Å². The zero-order valence-electron chi connectivity index (χ0n) is 10.7. The van der Waals surface area contributed by atoms with Gasteiger partial charge in [0.2, 0.25) is 0 Å². The average molecular weight is 246 g/mol. The van der Waals surface area contributed by atoms with E-state index in [-0.39, 0.29) is 18.3 Å². The van der Waals surface area contributed by atoms with Crippen molar-refractivity contribution in [2.24, 2.45) is 0 Å². The monoisotopic (exact) mass is 246 g/mol. The summed E-state index contributed by atoms with van der Waals surface area (Å²) in [6.07, 6.45) is 3.62. The first-order chi connectivity index (χ1) is 8.61. The van der Waals surface area contributed by atoms with Gasteiger partial charge in [-0.3, -0.25) is 9.13 Å².